The first-order valence-electron chi connectivity index (χ1n) is 6.46. The molecule has 98 valence electrons. The SMILES string of the molecule is Cc1ccccc1CN(C)CC1(CC(=O)O)CC1. The molecule has 1 aliphatic carbocycles. The largest absolute Gasteiger partial charge is 0.481 e. The van der Waals surface area contributed by atoms with Crippen LogP contribution in [0, 0.1) is 12.3 Å². The van der Waals surface area contributed by atoms with E-state index in [0.29, 0.717) is 6.42 Å². The van der Waals surface area contributed by atoms with Gasteiger partial charge in [-0.25, -0.2) is 0 Å². The zero-order valence-electron chi connectivity index (χ0n) is 11.1. The summed E-state index contributed by atoms with van der Waals surface area (Å²) in [6.45, 7) is 3.90. The smallest absolute Gasteiger partial charge is 0.303 e. The van der Waals surface area contributed by atoms with Gasteiger partial charge in [0.05, 0.1) is 6.42 Å². The third kappa shape index (κ3) is 3.33. The highest BCUT2D eigenvalue weighted by atomic mass is 16.4. The van der Waals surface area contributed by atoms with Crippen LogP contribution in [-0.2, 0) is 11.3 Å². The monoisotopic (exact) mass is 247 g/mol. The van der Waals surface area contributed by atoms with Gasteiger partial charge in [0.1, 0.15) is 0 Å². The fraction of sp³-hybridized carbons (Fsp3) is 0.533. The van der Waals surface area contributed by atoms with E-state index >= 15 is 0 Å². The van der Waals surface area contributed by atoms with Gasteiger partial charge in [0.15, 0.2) is 0 Å². The maximum atomic E-state index is 10.8. The summed E-state index contributed by atoms with van der Waals surface area (Å²) in [6.07, 6.45) is 2.42. The average molecular weight is 247 g/mol. The van der Waals surface area contributed by atoms with Gasteiger partial charge in [0, 0.05) is 13.1 Å². The zero-order valence-corrected chi connectivity index (χ0v) is 11.1. The molecule has 1 aliphatic rings. The molecule has 0 unspecified atom stereocenters. The molecule has 0 atom stereocenters. The second-order valence-electron chi connectivity index (χ2n) is 5.67. The first kappa shape index (κ1) is 13.1. The van der Waals surface area contributed by atoms with E-state index < -0.39 is 5.97 Å². The summed E-state index contributed by atoms with van der Waals surface area (Å²) in [5, 5.41) is 8.92. The topological polar surface area (TPSA) is 40.5 Å². The molecule has 3 nitrogen and oxygen atoms in total. The van der Waals surface area contributed by atoms with Gasteiger partial charge in [0.25, 0.3) is 0 Å². The first-order chi connectivity index (χ1) is 8.51. The van der Waals surface area contributed by atoms with E-state index in [2.05, 4.69) is 37.1 Å². The van der Waals surface area contributed by atoms with Crippen molar-refractivity contribution < 1.29 is 9.90 Å². The molecule has 0 saturated heterocycles. The third-order valence-electron chi connectivity index (χ3n) is 3.79. The van der Waals surface area contributed by atoms with Gasteiger partial charge >= 0.3 is 5.97 Å². The predicted octanol–water partition coefficient (Wildman–Crippen LogP) is 2.68. The highest BCUT2D eigenvalue weighted by Crippen LogP contribution is 2.49. The van der Waals surface area contributed by atoms with E-state index in [1.54, 1.807) is 0 Å². The molecule has 1 N–H and O–H groups in total. The Morgan fingerprint density at radius 1 is 1.39 bits per heavy atom. The maximum Gasteiger partial charge on any atom is 0.303 e. The lowest BCUT2D eigenvalue weighted by atomic mass is 10.0. The third-order valence-corrected chi connectivity index (χ3v) is 3.79. The van der Waals surface area contributed by atoms with Crippen molar-refractivity contribution in [2.75, 3.05) is 13.6 Å². The number of rotatable bonds is 6. The Kier molecular flexibility index (Phi) is 3.71. The van der Waals surface area contributed by atoms with Crippen molar-refractivity contribution >= 4 is 5.97 Å². The molecule has 3 heteroatoms. The number of carboxylic acids is 1. The minimum atomic E-state index is -0.670. The molecule has 0 aromatic heterocycles. The molecule has 18 heavy (non-hydrogen) atoms. The summed E-state index contributed by atoms with van der Waals surface area (Å²) >= 11 is 0. The van der Waals surface area contributed by atoms with Gasteiger partial charge < -0.3 is 10.0 Å². The summed E-state index contributed by atoms with van der Waals surface area (Å²) in [5.41, 5.74) is 2.67. The van der Waals surface area contributed by atoms with Crippen molar-refractivity contribution in [3.05, 3.63) is 35.4 Å². The molecule has 1 aromatic carbocycles. The summed E-state index contributed by atoms with van der Waals surface area (Å²) in [5.74, 6) is -0.670. The van der Waals surface area contributed by atoms with Gasteiger partial charge in [-0.3, -0.25) is 4.79 Å². The number of aryl methyl sites for hydroxylation is 1. The van der Waals surface area contributed by atoms with Crippen molar-refractivity contribution in [1.82, 2.24) is 4.90 Å². The van der Waals surface area contributed by atoms with Crippen LogP contribution in [0.4, 0.5) is 0 Å². The minimum absolute atomic E-state index is 0.0449. The number of carbonyl (C=O) groups is 1. The van der Waals surface area contributed by atoms with Crippen molar-refractivity contribution in [3.8, 4) is 0 Å². The lowest BCUT2D eigenvalue weighted by molar-refractivity contribution is -0.138. The molecule has 2 rings (SSSR count). The van der Waals surface area contributed by atoms with Crippen molar-refractivity contribution in [1.29, 1.82) is 0 Å². The fourth-order valence-electron chi connectivity index (χ4n) is 2.60. The van der Waals surface area contributed by atoms with Crippen LogP contribution in [-0.4, -0.2) is 29.6 Å². The van der Waals surface area contributed by atoms with Gasteiger partial charge in [-0.1, -0.05) is 24.3 Å². The van der Waals surface area contributed by atoms with Crippen LogP contribution in [0.25, 0.3) is 0 Å². The average Bonchev–Trinajstić information content (AvgIpc) is 3.00. The highest BCUT2D eigenvalue weighted by molar-refractivity contribution is 5.68. The van der Waals surface area contributed by atoms with Crippen LogP contribution in [0.1, 0.15) is 30.4 Å². The Hall–Kier alpha value is -1.35. The van der Waals surface area contributed by atoms with Crippen molar-refractivity contribution in [2.24, 2.45) is 5.41 Å². The number of hydrogen-bond donors (Lipinski definition) is 1. The molecule has 0 bridgehead atoms. The van der Waals surface area contributed by atoms with E-state index in [1.807, 2.05) is 6.07 Å². The minimum Gasteiger partial charge on any atom is -0.481 e. The summed E-state index contributed by atoms with van der Waals surface area (Å²) < 4.78 is 0. The van der Waals surface area contributed by atoms with Crippen LogP contribution in [0.2, 0.25) is 0 Å². The van der Waals surface area contributed by atoms with Crippen molar-refractivity contribution in [3.63, 3.8) is 0 Å². The lowest BCUT2D eigenvalue weighted by Gasteiger charge is -2.23. The maximum absolute atomic E-state index is 10.8. The molecule has 0 amide bonds. The van der Waals surface area contributed by atoms with Gasteiger partial charge in [-0.2, -0.15) is 0 Å². The molecule has 1 fully saturated rings. The Bertz CT molecular complexity index is 438. The standard InChI is InChI=1S/C15H21NO2/c1-12-5-3-4-6-13(12)10-16(2)11-15(7-8-15)9-14(17)18/h3-6H,7-11H2,1-2H3,(H,17,18). The second kappa shape index (κ2) is 5.11. The Balaban J connectivity index is 1.91. The molecular formula is C15H21NO2. The van der Waals surface area contributed by atoms with E-state index in [0.717, 1.165) is 25.9 Å². The number of carboxylic acid groups (broad SMARTS) is 1. The lowest BCUT2D eigenvalue weighted by Crippen LogP contribution is -2.28. The molecular weight excluding hydrogens is 226 g/mol. The van der Waals surface area contributed by atoms with E-state index in [9.17, 15) is 4.79 Å². The predicted molar refractivity (Wildman–Crippen MR) is 71.4 cm³/mol. The van der Waals surface area contributed by atoms with Crippen LogP contribution in [0.5, 0.6) is 0 Å². The fourth-order valence-corrected chi connectivity index (χ4v) is 2.60. The zero-order chi connectivity index (χ0) is 13.2. The number of aliphatic carboxylic acids is 1. The van der Waals surface area contributed by atoms with Crippen molar-refractivity contribution in [2.45, 2.75) is 32.7 Å². The molecule has 0 radical (unpaired) electrons. The summed E-state index contributed by atoms with van der Waals surface area (Å²) in [6, 6.07) is 8.36. The van der Waals surface area contributed by atoms with E-state index in [1.165, 1.54) is 11.1 Å². The number of nitrogens with zero attached hydrogens (tertiary/aromatic N) is 1. The quantitative estimate of drug-likeness (QED) is 0.840. The van der Waals surface area contributed by atoms with E-state index in [-0.39, 0.29) is 5.41 Å². The molecule has 1 aromatic rings. The van der Waals surface area contributed by atoms with Gasteiger partial charge in [0.2, 0.25) is 0 Å². The second-order valence-corrected chi connectivity index (χ2v) is 5.67. The van der Waals surface area contributed by atoms with Crippen LogP contribution in [0.3, 0.4) is 0 Å². The highest BCUT2D eigenvalue weighted by Gasteiger charge is 2.44. The summed E-state index contributed by atoms with van der Waals surface area (Å²) in [4.78, 5) is 13.1. The van der Waals surface area contributed by atoms with Crippen LogP contribution >= 0.6 is 0 Å². The molecule has 0 aliphatic heterocycles. The normalized spacial score (nSPS) is 16.8. The van der Waals surface area contributed by atoms with Crippen LogP contribution in [0.15, 0.2) is 24.3 Å². The number of hydrogen-bond acceptors (Lipinski definition) is 2. The molecule has 0 spiro atoms. The number of benzene rings is 1. The van der Waals surface area contributed by atoms with E-state index in [4.69, 9.17) is 5.11 Å². The van der Waals surface area contributed by atoms with Gasteiger partial charge in [-0.05, 0) is 43.4 Å². The first-order valence-corrected chi connectivity index (χ1v) is 6.46. The Morgan fingerprint density at radius 3 is 2.61 bits per heavy atom. The summed E-state index contributed by atoms with van der Waals surface area (Å²) in [7, 11) is 2.08. The molecule has 1 saturated carbocycles. The van der Waals surface area contributed by atoms with Gasteiger partial charge in [-0.15, -0.1) is 0 Å². The molecule has 0 heterocycles. The van der Waals surface area contributed by atoms with Crippen LogP contribution < -0.4 is 0 Å². The Labute approximate surface area is 108 Å². The Morgan fingerprint density at radius 2 is 2.06 bits per heavy atom.